The van der Waals surface area contributed by atoms with Crippen molar-refractivity contribution >= 4 is 67.0 Å². The summed E-state index contributed by atoms with van der Waals surface area (Å²) < 4.78 is 100. The first-order chi connectivity index (χ1) is 41.9. The minimum Gasteiger partial charge on any atom is -0.510 e. The minimum absolute atomic E-state index is 0. The van der Waals surface area contributed by atoms with Crippen molar-refractivity contribution in [1.82, 2.24) is 14.1 Å². The molecule has 0 bridgehead atoms. The van der Waals surface area contributed by atoms with E-state index in [-0.39, 0.29) is 54.4 Å². The third-order valence-corrected chi connectivity index (χ3v) is 14.5. The number of hydrogen-bond acceptors (Lipinski definition) is 3. The number of aromatic nitrogens is 3. The number of benzene rings is 10. The molecule has 0 radical (unpaired) electrons. The maximum atomic E-state index is 9.24. The van der Waals surface area contributed by atoms with Gasteiger partial charge in [0.1, 0.15) is 5.82 Å². The molecular formula is C71H50N5OPt-3. The molecule has 14 rings (SSSR count). The topological polar surface area (TPSA) is 47.6 Å². The van der Waals surface area contributed by atoms with E-state index in [0.29, 0.717) is 28.4 Å². The maximum Gasteiger partial charge on any atom is 0.135 e. The van der Waals surface area contributed by atoms with E-state index in [1.165, 1.54) is 0 Å². The Morgan fingerprint density at radius 1 is 0.551 bits per heavy atom. The van der Waals surface area contributed by atoms with E-state index >= 15 is 0 Å². The molecule has 0 fully saturated rings. The van der Waals surface area contributed by atoms with E-state index in [0.717, 1.165) is 82.9 Å². The third kappa shape index (κ3) is 8.14. The first kappa shape index (κ1) is 38.5. The van der Waals surface area contributed by atoms with Crippen LogP contribution in [0.3, 0.4) is 0 Å². The van der Waals surface area contributed by atoms with Crippen LogP contribution in [0.2, 0.25) is 0 Å². The van der Waals surface area contributed by atoms with Gasteiger partial charge in [-0.25, -0.2) is 4.98 Å². The fourth-order valence-corrected chi connectivity index (χ4v) is 10.9. The summed E-state index contributed by atoms with van der Waals surface area (Å²) in [5.74, 6) is 1.42. The van der Waals surface area contributed by atoms with Gasteiger partial charge in [0.05, 0.1) is 24.7 Å². The van der Waals surface area contributed by atoms with Crippen molar-refractivity contribution < 1.29 is 39.5 Å². The Morgan fingerprint density at radius 3 is 1.88 bits per heavy atom. The molecule has 78 heavy (non-hydrogen) atoms. The zero-order valence-corrected chi connectivity index (χ0v) is 44.9. The second kappa shape index (κ2) is 19.5. The largest absolute Gasteiger partial charge is 0.510 e. The fourth-order valence-electron chi connectivity index (χ4n) is 10.9. The standard InChI is InChI=1S/C71H50N5O.Pt/c1-46-20-17-30-60-61-32-19-31-59-56-27-13-16-35-64(56)76(70(59)61)63-34-15-12-25-54(63)57-38-36-50(77-51-37-39-58-55-26-11-14-33-62(55)75(66(58)44-51)67-42-49(40-41-72-67)71(2,3)4)43-65(57)74(69(46)60)45-73-68-52(47-21-7-5-8-22-47)28-18-29-53(68)48-23-9-6-10-24-48;/h5-42H,1-4H3;/q-3;/i5D,6D,7D,8D,9D,10D,21D,22D,23D,24D;. The van der Waals surface area contributed by atoms with Crippen molar-refractivity contribution in [2.24, 2.45) is 4.99 Å². The van der Waals surface area contributed by atoms with Crippen LogP contribution in [0.25, 0.3) is 99.6 Å². The first-order valence-electron chi connectivity index (χ1n) is 30.3. The Bertz CT molecular complexity index is 4980. The Kier molecular flexibility index (Phi) is 9.61. The average molecular weight is 1190 g/mol. The van der Waals surface area contributed by atoms with Gasteiger partial charge >= 0.3 is 0 Å². The molecule has 378 valence electrons. The van der Waals surface area contributed by atoms with Gasteiger partial charge in [-0.05, 0) is 92.7 Å². The molecule has 1 aliphatic heterocycles. The van der Waals surface area contributed by atoms with Crippen LogP contribution in [0.5, 0.6) is 11.5 Å². The summed E-state index contributed by atoms with van der Waals surface area (Å²) in [7, 11) is 0. The number of hydrogen-bond donors (Lipinski definition) is 0. The summed E-state index contributed by atoms with van der Waals surface area (Å²) in [5.41, 5.74) is 9.97. The molecule has 0 spiro atoms. The number of aryl methyl sites for hydroxylation is 1. The van der Waals surface area contributed by atoms with E-state index in [1.807, 2.05) is 104 Å². The molecular weight excluding hydrogens is 1130 g/mol. The van der Waals surface area contributed by atoms with Crippen LogP contribution in [-0.2, 0) is 26.5 Å². The zero-order chi connectivity index (χ0) is 60.5. The summed E-state index contributed by atoms with van der Waals surface area (Å²) in [6.07, 6.45) is 5.25. The number of ether oxygens (including phenoxy) is 1. The van der Waals surface area contributed by atoms with Gasteiger partial charge in [-0.1, -0.05) is 207 Å². The van der Waals surface area contributed by atoms with Gasteiger partial charge < -0.3 is 23.8 Å². The summed E-state index contributed by atoms with van der Waals surface area (Å²) in [5, 5.41) is 4.04. The number of fused-ring (bicyclic) bond motifs is 12. The van der Waals surface area contributed by atoms with E-state index in [1.54, 1.807) is 23.1 Å². The van der Waals surface area contributed by atoms with Gasteiger partial charge in [-0.3, -0.25) is 0 Å². The maximum absolute atomic E-state index is 9.24. The third-order valence-electron chi connectivity index (χ3n) is 14.5. The monoisotopic (exact) mass is 1190 g/mol. The molecule has 10 aromatic carbocycles. The Balaban J connectivity index is 0.00000714. The SMILES string of the molecule is [2H]c1c([2H])c([2H])c(-c2cccc(-c3c([2H])c([2H])c([2H])c([2H])c3[2H])c2N=[C-]N2c3[c-]c(Oc4[c-]c5c(cc4)c4ccccc4n5-c4cc(C(C)(C)C)ccn4)ccc3-c3ccccc3-n3c4ccccc4c4cccc(c43)-c3cccc(C)c32)c([2H])c1[2H].[Pt]. The number of para-hydroxylation sites is 6. The summed E-state index contributed by atoms with van der Waals surface area (Å²) in [6, 6.07) is 55.1. The van der Waals surface area contributed by atoms with Crippen LogP contribution in [0, 0.1) is 19.1 Å². The van der Waals surface area contributed by atoms with Crippen molar-refractivity contribution in [1.29, 1.82) is 0 Å². The Morgan fingerprint density at radius 2 is 1.14 bits per heavy atom. The number of rotatable bonds is 7. The van der Waals surface area contributed by atoms with Gasteiger partial charge in [-0.2, -0.15) is 18.2 Å². The number of nitrogens with zero attached hydrogens (tertiary/aromatic N) is 5. The molecule has 0 saturated carbocycles. The molecule has 6 nitrogen and oxygen atoms in total. The number of aliphatic imine (C=N–C) groups is 1. The van der Waals surface area contributed by atoms with Crippen LogP contribution in [0.4, 0.5) is 17.1 Å². The van der Waals surface area contributed by atoms with E-state index in [9.17, 15) is 5.48 Å². The van der Waals surface area contributed by atoms with Gasteiger partial charge in [0.2, 0.25) is 0 Å². The van der Waals surface area contributed by atoms with E-state index in [2.05, 4.69) is 103 Å². The van der Waals surface area contributed by atoms with Crippen LogP contribution in [-0.4, -0.2) is 20.5 Å². The molecule has 0 aliphatic carbocycles. The number of anilines is 2. The minimum atomic E-state index is -0.603. The molecule has 1 aliphatic rings. The van der Waals surface area contributed by atoms with Crippen LogP contribution < -0.4 is 9.64 Å². The predicted molar refractivity (Wildman–Crippen MR) is 318 cm³/mol. The second-order valence-electron chi connectivity index (χ2n) is 20.1. The summed E-state index contributed by atoms with van der Waals surface area (Å²) >= 11 is 0. The Labute approximate surface area is 482 Å². The predicted octanol–water partition coefficient (Wildman–Crippen LogP) is 18.6. The van der Waals surface area contributed by atoms with Crippen molar-refractivity contribution in [3.05, 3.63) is 254 Å². The van der Waals surface area contributed by atoms with Crippen molar-refractivity contribution in [3.63, 3.8) is 0 Å². The molecule has 4 heterocycles. The molecule has 0 unspecified atom stereocenters. The molecule has 0 saturated heterocycles. The van der Waals surface area contributed by atoms with E-state index in [4.69, 9.17) is 22.9 Å². The average Bonchev–Trinajstić information content (AvgIpc) is 1.87. The molecule has 0 atom stereocenters. The van der Waals surface area contributed by atoms with Crippen LogP contribution >= 0.6 is 0 Å². The normalized spacial score (nSPS) is 14.0. The fraction of sp³-hybridized carbons (Fsp3) is 0.0704. The molecule has 0 amide bonds. The van der Waals surface area contributed by atoms with Crippen LogP contribution in [0.15, 0.2) is 235 Å². The van der Waals surface area contributed by atoms with E-state index < -0.39 is 60.4 Å². The van der Waals surface area contributed by atoms with Crippen molar-refractivity contribution in [2.75, 3.05) is 4.90 Å². The van der Waals surface area contributed by atoms with Crippen molar-refractivity contribution in [2.45, 2.75) is 33.1 Å². The summed E-state index contributed by atoms with van der Waals surface area (Å²) in [6.45, 7) is 8.50. The molecule has 0 N–H and O–H groups in total. The second-order valence-corrected chi connectivity index (χ2v) is 20.1. The quantitative estimate of drug-likeness (QED) is 0.0908. The van der Waals surface area contributed by atoms with Crippen LogP contribution in [0.1, 0.15) is 45.6 Å². The zero-order valence-electron chi connectivity index (χ0n) is 52.6. The molecule has 3 aromatic heterocycles. The van der Waals surface area contributed by atoms with Gasteiger partial charge in [-0.15, -0.1) is 34.8 Å². The summed E-state index contributed by atoms with van der Waals surface area (Å²) in [4.78, 5) is 11.9. The van der Waals surface area contributed by atoms with Gasteiger partial charge in [0, 0.05) is 72.8 Å². The number of pyridine rings is 1. The molecule has 7 heteroatoms. The molecule has 13 aromatic rings. The van der Waals surface area contributed by atoms with Gasteiger partial charge in [0.25, 0.3) is 0 Å². The smallest absolute Gasteiger partial charge is 0.135 e. The van der Waals surface area contributed by atoms with Crippen molar-refractivity contribution in [3.8, 4) is 67.5 Å². The Hall–Kier alpha value is -9.09. The van der Waals surface area contributed by atoms with Gasteiger partial charge in [0.15, 0.2) is 0 Å². The first-order valence-corrected chi connectivity index (χ1v) is 25.3.